The first-order chi connectivity index (χ1) is 7.68. The lowest BCUT2D eigenvalue weighted by atomic mass is 10.1. The van der Waals surface area contributed by atoms with Gasteiger partial charge in [-0.25, -0.2) is 8.78 Å². The molecule has 1 N–H and O–H groups in total. The molecular formula is C12H16F2N2. The molecule has 88 valence electrons. The smallest absolute Gasteiger partial charge is 0.159 e. The molecule has 1 heterocycles. The Hall–Kier alpha value is -1.00. The van der Waals surface area contributed by atoms with Gasteiger partial charge in [0.15, 0.2) is 11.6 Å². The molecule has 1 saturated heterocycles. The summed E-state index contributed by atoms with van der Waals surface area (Å²) in [5.74, 6) is -1.55. The Kier molecular flexibility index (Phi) is 3.51. The molecular weight excluding hydrogens is 210 g/mol. The van der Waals surface area contributed by atoms with Crippen LogP contribution in [0.4, 0.5) is 8.78 Å². The largest absolute Gasteiger partial charge is 0.314 e. The van der Waals surface area contributed by atoms with E-state index in [2.05, 4.69) is 10.2 Å². The zero-order valence-electron chi connectivity index (χ0n) is 9.34. The predicted molar refractivity (Wildman–Crippen MR) is 59.2 cm³/mol. The van der Waals surface area contributed by atoms with Gasteiger partial charge in [0.05, 0.1) is 0 Å². The number of hydrogen-bond acceptors (Lipinski definition) is 2. The molecule has 1 fully saturated rings. The van der Waals surface area contributed by atoms with Gasteiger partial charge >= 0.3 is 0 Å². The summed E-state index contributed by atoms with van der Waals surface area (Å²) in [5, 5.41) is 3.27. The number of nitrogens with one attached hydrogen (secondary N) is 1. The summed E-state index contributed by atoms with van der Waals surface area (Å²) in [7, 11) is 0. The average molecular weight is 226 g/mol. The van der Waals surface area contributed by atoms with Crippen molar-refractivity contribution in [2.75, 3.05) is 26.2 Å². The fourth-order valence-electron chi connectivity index (χ4n) is 2.05. The van der Waals surface area contributed by atoms with Crippen molar-refractivity contribution < 1.29 is 8.78 Å². The Labute approximate surface area is 94.3 Å². The van der Waals surface area contributed by atoms with Gasteiger partial charge in [-0.05, 0) is 24.6 Å². The lowest BCUT2D eigenvalue weighted by Crippen LogP contribution is -2.44. The van der Waals surface area contributed by atoms with Crippen molar-refractivity contribution in [2.24, 2.45) is 0 Å². The molecule has 4 heteroatoms. The number of halogens is 2. The lowest BCUT2D eigenvalue weighted by Gasteiger charge is -2.33. The first-order valence-electron chi connectivity index (χ1n) is 5.58. The lowest BCUT2D eigenvalue weighted by molar-refractivity contribution is 0.185. The number of piperazine rings is 1. The maximum Gasteiger partial charge on any atom is 0.159 e. The van der Waals surface area contributed by atoms with E-state index in [1.165, 1.54) is 12.1 Å². The van der Waals surface area contributed by atoms with Crippen LogP contribution in [0.3, 0.4) is 0 Å². The van der Waals surface area contributed by atoms with E-state index in [1.807, 2.05) is 6.92 Å². The Morgan fingerprint density at radius 3 is 2.50 bits per heavy atom. The van der Waals surface area contributed by atoms with Crippen LogP contribution < -0.4 is 5.32 Å². The van der Waals surface area contributed by atoms with E-state index in [4.69, 9.17) is 0 Å². The Bertz CT molecular complexity index is 362. The quantitative estimate of drug-likeness (QED) is 0.829. The normalized spacial score (nSPS) is 19.7. The van der Waals surface area contributed by atoms with Gasteiger partial charge in [0.25, 0.3) is 0 Å². The molecule has 0 bridgehead atoms. The molecule has 0 radical (unpaired) electrons. The van der Waals surface area contributed by atoms with Gasteiger partial charge < -0.3 is 5.32 Å². The Balaban J connectivity index is 2.12. The molecule has 1 aliphatic heterocycles. The van der Waals surface area contributed by atoms with Gasteiger partial charge in [-0.1, -0.05) is 6.07 Å². The van der Waals surface area contributed by atoms with Crippen LogP contribution in [0.25, 0.3) is 0 Å². The van der Waals surface area contributed by atoms with Gasteiger partial charge in [-0.2, -0.15) is 0 Å². The van der Waals surface area contributed by atoms with Crippen molar-refractivity contribution in [1.29, 1.82) is 0 Å². The summed E-state index contributed by atoms with van der Waals surface area (Å²) < 4.78 is 25.9. The third-order valence-electron chi connectivity index (χ3n) is 3.13. The van der Waals surface area contributed by atoms with Gasteiger partial charge in [-0.3, -0.25) is 4.90 Å². The van der Waals surface area contributed by atoms with Crippen LogP contribution in [0.5, 0.6) is 0 Å². The van der Waals surface area contributed by atoms with Crippen molar-refractivity contribution in [3.63, 3.8) is 0 Å². The first-order valence-corrected chi connectivity index (χ1v) is 5.58. The first kappa shape index (κ1) is 11.5. The summed E-state index contributed by atoms with van der Waals surface area (Å²) in [6, 6.07) is 4.29. The molecule has 1 atom stereocenters. The summed E-state index contributed by atoms with van der Waals surface area (Å²) in [5.41, 5.74) is 0.834. The van der Waals surface area contributed by atoms with Gasteiger partial charge in [0.1, 0.15) is 0 Å². The molecule has 0 amide bonds. The zero-order chi connectivity index (χ0) is 11.5. The van der Waals surface area contributed by atoms with E-state index in [0.717, 1.165) is 31.7 Å². The highest BCUT2D eigenvalue weighted by molar-refractivity contribution is 5.21. The van der Waals surface area contributed by atoms with Crippen LogP contribution >= 0.6 is 0 Å². The second-order valence-electron chi connectivity index (χ2n) is 4.14. The van der Waals surface area contributed by atoms with Gasteiger partial charge in [-0.15, -0.1) is 0 Å². The SMILES string of the molecule is C[C@@H](c1ccc(F)c(F)c1)N1CCNCC1. The van der Waals surface area contributed by atoms with Crippen LogP contribution in [-0.4, -0.2) is 31.1 Å². The van der Waals surface area contributed by atoms with Crippen LogP contribution in [0.2, 0.25) is 0 Å². The average Bonchev–Trinajstić information content (AvgIpc) is 2.33. The number of rotatable bonds is 2. The van der Waals surface area contributed by atoms with Gasteiger partial charge in [0.2, 0.25) is 0 Å². The van der Waals surface area contributed by atoms with E-state index >= 15 is 0 Å². The fraction of sp³-hybridized carbons (Fsp3) is 0.500. The molecule has 1 aliphatic rings. The second kappa shape index (κ2) is 4.89. The van der Waals surface area contributed by atoms with Crippen LogP contribution in [0, 0.1) is 11.6 Å². The molecule has 0 aromatic heterocycles. The number of benzene rings is 1. The summed E-state index contributed by atoms with van der Waals surface area (Å²) in [4.78, 5) is 2.27. The van der Waals surface area contributed by atoms with Crippen LogP contribution in [-0.2, 0) is 0 Å². The predicted octanol–water partition coefficient (Wildman–Crippen LogP) is 1.93. The van der Waals surface area contributed by atoms with E-state index in [1.54, 1.807) is 6.07 Å². The van der Waals surface area contributed by atoms with Gasteiger partial charge in [0, 0.05) is 32.2 Å². The third kappa shape index (κ3) is 2.39. The van der Waals surface area contributed by atoms with E-state index in [0.29, 0.717) is 0 Å². The van der Waals surface area contributed by atoms with E-state index in [9.17, 15) is 8.78 Å². The molecule has 16 heavy (non-hydrogen) atoms. The number of nitrogens with zero attached hydrogens (tertiary/aromatic N) is 1. The highest BCUT2D eigenvalue weighted by Gasteiger charge is 2.18. The van der Waals surface area contributed by atoms with Crippen molar-refractivity contribution in [3.8, 4) is 0 Å². The monoisotopic (exact) mass is 226 g/mol. The minimum Gasteiger partial charge on any atom is -0.314 e. The molecule has 1 aromatic carbocycles. The Morgan fingerprint density at radius 2 is 1.88 bits per heavy atom. The molecule has 0 saturated carbocycles. The van der Waals surface area contributed by atoms with Crippen molar-refractivity contribution >= 4 is 0 Å². The third-order valence-corrected chi connectivity index (χ3v) is 3.13. The minimum absolute atomic E-state index is 0.136. The molecule has 0 spiro atoms. The van der Waals surface area contributed by atoms with Crippen molar-refractivity contribution in [2.45, 2.75) is 13.0 Å². The maximum absolute atomic E-state index is 13.1. The summed E-state index contributed by atoms with van der Waals surface area (Å²) >= 11 is 0. The number of hydrogen-bond donors (Lipinski definition) is 1. The van der Waals surface area contributed by atoms with Crippen molar-refractivity contribution in [3.05, 3.63) is 35.4 Å². The summed E-state index contributed by atoms with van der Waals surface area (Å²) in [6.07, 6.45) is 0. The highest BCUT2D eigenvalue weighted by Crippen LogP contribution is 2.22. The maximum atomic E-state index is 13.1. The molecule has 1 aromatic rings. The topological polar surface area (TPSA) is 15.3 Å². The summed E-state index contributed by atoms with van der Waals surface area (Å²) in [6.45, 7) is 5.82. The van der Waals surface area contributed by atoms with Crippen molar-refractivity contribution in [1.82, 2.24) is 10.2 Å². The van der Waals surface area contributed by atoms with E-state index in [-0.39, 0.29) is 6.04 Å². The highest BCUT2D eigenvalue weighted by atomic mass is 19.2. The fourth-order valence-corrected chi connectivity index (χ4v) is 2.05. The Morgan fingerprint density at radius 1 is 1.19 bits per heavy atom. The molecule has 0 aliphatic carbocycles. The second-order valence-corrected chi connectivity index (χ2v) is 4.14. The van der Waals surface area contributed by atoms with E-state index < -0.39 is 11.6 Å². The standard InChI is InChI=1S/C12H16F2N2/c1-9(16-6-4-15-5-7-16)10-2-3-11(13)12(14)8-10/h2-3,8-9,15H,4-7H2,1H3/t9-/m0/s1. The minimum atomic E-state index is -0.781. The molecule has 2 rings (SSSR count). The van der Waals surface area contributed by atoms with Crippen LogP contribution in [0.1, 0.15) is 18.5 Å². The zero-order valence-corrected chi connectivity index (χ0v) is 9.34. The molecule has 0 unspecified atom stereocenters. The molecule has 2 nitrogen and oxygen atoms in total. The van der Waals surface area contributed by atoms with Crippen LogP contribution in [0.15, 0.2) is 18.2 Å².